The van der Waals surface area contributed by atoms with Gasteiger partial charge in [0.05, 0.1) is 12.7 Å². The Bertz CT molecular complexity index is 1030. The van der Waals surface area contributed by atoms with Gasteiger partial charge in [-0.2, -0.15) is 11.8 Å². The van der Waals surface area contributed by atoms with E-state index in [0.717, 1.165) is 80.9 Å². The monoisotopic (exact) mass is 910 g/mol. The summed E-state index contributed by atoms with van der Waals surface area (Å²) in [7, 11) is 0. The summed E-state index contributed by atoms with van der Waals surface area (Å²) < 4.78 is 0. The normalized spacial score (nSPS) is 13.0. The molecule has 0 bridgehead atoms. The third kappa shape index (κ3) is 33.6. The number of hydrogen-bond donors (Lipinski definition) is 3. The fraction of sp³-hybridized carbons (Fsp3) is 0.926. The van der Waals surface area contributed by atoms with Gasteiger partial charge < -0.3 is 15.3 Å². The van der Waals surface area contributed by atoms with Crippen LogP contribution in [0.3, 0.4) is 0 Å². The number of rotatable bonds is 50. The highest BCUT2D eigenvalue weighted by molar-refractivity contribution is 7.99. The van der Waals surface area contributed by atoms with Crippen LogP contribution in [0.1, 0.15) is 290 Å². The number of carboxylic acids is 1. The first-order valence-corrected chi connectivity index (χ1v) is 28.4. The predicted octanol–water partition coefficient (Wildman–Crippen LogP) is 15.3. The van der Waals surface area contributed by atoms with Gasteiger partial charge in [0.1, 0.15) is 0 Å². The summed E-state index contributed by atoms with van der Waals surface area (Å²) in [5, 5.41) is 30.6. The zero-order chi connectivity index (χ0) is 46.5. The SMILES string of the molecule is CCCCCCCCCCCCCCCC(=O)N(C(=O)CCCCCCCCCCCCCCC)[C@](CSCC(O)CO)(C(=O)O)C(=O)CCCCCCCCCCCCCCC. The summed E-state index contributed by atoms with van der Waals surface area (Å²) in [4.78, 5) is 57.1. The van der Waals surface area contributed by atoms with Gasteiger partial charge >= 0.3 is 5.97 Å². The average Bonchev–Trinajstić information content (AvgIpc) is 3.27. The number of aliphatic hydroxyl groups is 2. The summed E-state index contributed by atoms with van der Waals surface area (Å²) in [6.07, 6.45) is 43.6. The van der Waals surface area contributed by atoms with Gasteiger partial charge in [-0.1, -0.05) is 252 Å². The molecule has 2 amide bonds. The molecular formula is C54H103NO7S. The molecule has 0 heterocycles. The van der Waals surface area contributed by atoms with Crippen molar-refractivity contribution in [2.45, 2.75) is 302 Å². The molecular weight excluding hydrogens is 807 g/mol. The number of carbonyl (C=O) groups is 4. The van der Waals surface area contributed by atoms with Crippen LogP contribution in [-0.4, -0.2) is 73.5 Å². The molecule has 0 aromatic rings. The Morgan fingerprint density at radius 3 is 0.937 bits per heavy atom. The second-order valence-electron chi connectivity index (χ2n) is 19.0. The minimum Gasteiger partial charge on any atom is -0.479 e. The number of thioether (sulfide) groups is 1. The molecule has 0 aliphatic heterocycles. The Kier molecular flexibility index (Phi) is 44.6. The highest BCUT2D eigenvalue weighted by Gasteiger charge is 2.54. The number of imide groups is 1. The number of nitrogens with zero attached hydrogens (tertiary/aromatic N) is 1. The Hall–Kier alpha value is -1.45. The molecule has 8 nitrogen and oxygen atoms in total. The fourth-order valence-corrected chi connectivity index (χ4v) is 10.0. The lowest BCUT2D eigenvalue weighted by molar-refractivity contribution is -0.169. The Morgan fingerprint density at radius 2 is 0.683 bits per heavy atom. The lowest BCUT2D eigenvalue weighted by Gasteiger charge is -2.38. The maximum absolute atomic E-state index is 14.3. The zero-order valence-electron chi connectivity index (χ0n) is 41.7. The largest absolute Gasteiger partial charge is 0.479 e. The maximum Gasteiger partial charge on any atom is 0.338 e. The van der Waals surface area contributed by atoms with E-state index in [4.69, 9.17) is 0 Å². The van der Waals surface area contributed by atoms with Crippen molar-refractivity contribution in [3.8, 4) is 0 Å². The van der Waals surface area contributed by atoms with Crippen LogP contribution in [0.15, 0.2) is 0 Å². The van der Waals surface area contributed by atoms with Crippen LogP contribution < -0.4 is 0 Å². The molecule has 0 spiro atoms. The number of hydrogen-bond acceptors (Lipinski definition) is 7. The van der Waals surface area contributed by atoms with Gasteiger partial charge in [0.15, 0.2) is 5.78 Å². The Labute approximate surface area is 393 Å². The number of amides is 2. The van der Waals surface area contributed by atoms with Crippen molar-refractivity contribution in [3.05, 3.63) is 0 Å². The molecule has 0 rings (SSSR count). The highest BCUT2D eigenvalue weighted by Crippen LogP contribution is 2.30. The molecule has 0 radical (unpaired) electrons. The van der Waals surface area contributed by atoms with Crippen LogP contribution >= 0.6 is 11.8 Å². The molecule has 0 fully saturated rings. The third-order valence-corrected chi connectivity index (χ3v) is 14.3. The quantitative estimate of drug-likeness (QED) is 0.0406. The Morgan fingerprint density at radius 1 is 0.429 bits per heavy atom. The second kappa shape index (κ2) is 45.7. The molecule has 0 aromatic carbocycles. The number of ketones is 1. The molecule has 0 aliphatic rings. The molecule has 372 valence electrons. The van der Waals surface area contributed by atoms with E-state index in [9.17, 15) is 34.5 Å². The van der Waals surface area contributed by atoms with Crippen LogP contribution in [0.4, 0.5) is 0 Å². The van der Waals surface area contributed by atoms with Crippen molar-refractivity contribution in [1.82, 2.24) is 4.90 Å². The minimum absolute atomic E-state index is 0.00845. The van der Waals surface area contributed by atoms with Gasteiger partial charge in [-0.25, -0.2) is 4.79 Å². The molecule has 1 unspecified atom stereocenters. The van der Waals surface area contributed by atoms with Gasteiger partial charge in [0.25, 0.3) is 0 Å². The molecule has 0 aliphatic carbocycles. The maximum atomic E-state index is 14.3. The van der Waals surface area contributed by atoms with Crippen LogP contribution in [0.25, 0.3) is 0 Å². The minimum atomic E-state index is -2.35. The number of Topliss-reactive ketones (excluding diaryl/α,β-unsaturated/α-hetero) is 1. The predicted molar refractivity (Wildman–Crippen MR) is 269 cm³/mol. The van der Waals surface area contributed by atoms with Crippen LogP contribution in [0.5, 0.6) is 0 Å². The zero-order valence-corrected chi connectivity index (χ0v) is 42.5. The van der Waals surface area contributed by atoms with E-state index in [1.165, 1.54) is 167 Å². The summed E-state index contributed by atoms with van der Waals surface area (Å²) >= 11 is 1.01. The number of unbranched alkanes of at least 4 members (excludes halogenated alkanes) is 36. The third-order valence-electron chi connectivity index (χ3n) is 13.0. The smallest absolute Gasteiger partial charge is 0.338 e. The fourth-order valence-electron chi connectivity index (χ4n) is 8.83. The first-order valence-electron chi connectivity index (χ1n) is 27.2. The number of aliphatic carboxylic acids is 1. The number of carbonyl (C=O) groups excluding carboxylic acids is 3. The molecule has 0 saturated heterocycles. The highest BCUT2D eigenvalue weighted by atomic mass is 32.2. The molecule has 63 heavy (non-hydrogen) atoms. The van der Waals surface area contributed by atoms with Crippen molar-refractivity contribution in [1.29, 1.82) is 0 Å². The van der Waals surface area contributed by atoms with Gasteiger partial charge in [-0.05, 0) is 19.3 Å². The number of carboxylic acid groups (broad SMARTS) is 1. The van der Waals surface area contributed by atoms with Crippen LogP contribution in [-0.2, 0) is 19.2 Å². The van der Waals surface area contributed by atoms with Gasteiger partial charge in [0.2, 0.25) is 17.4 Å². The van der Waals surface area contributed by atoms with Gasteiger partial charge in [-0.15, -0.1) is 0 Å². The van der Waals surface area contributed by atoms with Crippen molar-refractivity contribution < 1.29 is 34.5 Å². The summed E-state index contributed by atoms with van der Waals surface area (Å²) in [6.45, 7) is 6.23. The second-order valence-corrected chi connectivity index (χ2v) is 20.1. The lowest BCUT2D eigenvalue weighted by atomic mass is 9.88. The van der Waals surface area contributed by atoms with E-state index in [1.54, 1.807) is 0 Å². The van der Waals surface area contributed by atoms with E-state index in [2.05, 4.69) is 20.8 Å². The molecule has 0 aromatic heterocycles. The Balaban J connectivity index is 5.54. The first kappa shape index (κ1) is 61.5. The first-order chi connectivity index (χ1) is 30.7. The molecule has 9 heteroatoms. The molecule has 0 saturated carbocycles. The van der Waals surface area contributed by atoms with E-state index in [-0.39, 0.29) is 30.8 Å². The van der Waals surface area contributed by atoms with E-state index in [0.29, 0.717) is 19.3 Å². The van der Waals surface area contributed by atoms with E-state index < -0.39 is 41.8 Å². The van der Waals surface area contributed by atoms with Crippen molar-refractivity contribution in [3.63, 3.8) is 0 Å². The van der Waals surface area contributed by atoms with Crippen LogP contribution in [0.2, 0.25) is 0 Å². The molecule has 3 N–H and O–H groups in total. The van der Waals surface area contributed by atoms with E-state index in [1.807, 2.05) is 0 Å². The lowest BCUT2D eigenvalue weighted by Crippen LogP contribution is -2.65. The summed E-state index contributed by atoms with van der Waals surface area (Å²) in [6, 6.07) is 0. The average molecular weight is 910 g/mol. The summed E-state index contributed by atoms with van der Waals surface area (Å²) in [5.41, 5.74) is -2.35. The van der Waals surface area contributed by atoms with Gasteiger partial charge in [-0.3, -0.25) is 19.3 Å². The molecule has 2 atom stereocenters. The summed E-state index contributed by atoms with van der Waals surface area (Å²) in [5.74, 6) is -3.60. The topological polar surface area (TPSA) is 132 Å². The van der Waals surface area contributed by atoms with E-state index >= 15 is 0 Å². The van der Waals surface area contributed by atoms with Gasteiger partial charge in [0, 0.05) is 30.8 Å². The van der Waals surface area contributed by atoms with Crippen molar-refractivity contribution >= 4 is 35.3 Å². The van der Waals surface area contributed by atoms with Crippen molar-refractivity contribution in [2.75, 3.05) is 18.1 Å². The van der Waals surface area contributed by atoms with Crippen LogP contribution in [0, 0.1) is 0 Å². The van der Waals surface area contributed by atoms with Crippen molar-refractivity contribution in [2.24, 2.45) is 0 Å². The standard InChI is InChI=1S/C54H103NO7S/c1-4-7-10-13-16-19-22-25-28-31-34-37-40-43-50(58)54(53(61)62,48-63-47-49(57)46-56)55(51(59)44-41-38-35-32-29-26-23-20-17-14-11-8-5-2)52(60)45-42-39-36-33-30-27-24-21-18-15-12-9-6-3/h49,56-57H,4-48H2,1-3H3,(H,61,62)/t49?,54-/m0/s1. The number of aliphatic hydroxyl groups excluding tert-OH is 2.